The van der Waals surface area contributed by atoms with Crippen LogP contribution in [0.5, 0.6) is 0 Å². The molecule has 2 nitrogen and oxygen atoms in total. The molecule has 0 aromatic rings. The Morgan fingerprint density at radius 2 is 1.86 bits per heavy atom. The van der Waals surface area contributed by atoms with E-state index in [2.05, 4.69) is 13.8 Å². The zero-order chi connectivity index (χ0) is 10.8. The SMILES string of the molecule is CCCCCCC(CC)CC(O)CN. The highest BCUT2D eigenvalue weighted by molar-refractivity contribution is 4.64. The predicted molar refractivity (Wildman–Crippen MR) is 62.2 cm³/mol. The first kappa shape index (κ1) is 13.9. The van der Waals surface area contributed by atoms with Crippen molar-refractivity contribution in [1.29, 1.82) is 0 Å². The van der Waals surface area contributed by atoms with E-state index in [0.717, 1.165) is 6.42 Å². The highest BCUT2D eigenvalue weighted by Crippen LogP contribution is 2.19. The average molecular weight is 201 g/mol. The van der Waals surface area contributed by atoms with Crippen molar-refractivity contribution in [3.05, 3.63) is 0 Å². The molecule has 0 bridgehead atoms. The largest absolute Gasteiger partial charge is 0.392 e. The summed E-state index contributed by atoms with van der Waals surface area (Å²) in [5.41, 5.74) is 5.40. The van der Waals surface area contributed by atoms with Crippen LogP contribution in [-0.2, 0) is 0 Å². The van der Waals surface area contributed by atoms with Crippen LogP contribution in [0, 0.1) is 5.92 Å². The van der Waals surface area contributed by atoms with Crippen molar-refractivity contribution in [3.63, 3.8) is 0 Å². The molecule has 0 aromatic heterocycles. The van der Waals surface area contributed by atoms with Gasteiger partial charge in [0.2, 0.25) is 0 Å². The fraction of sp³-hybridized carbons (Fsp3) is 1.00. The highest BCUT2D eigenvalue weighted by Gasteiger charge is 2.11. The second kappa shape index (κ2) is 9.47. The molecule has 0 aliphatic rings. The second-order valence-corrected chi connectivity index (χ2v) is 4.25. The van der Waals surface area contributed by atoms with E-state index in [-0.39, 0.29) is 6.10 Å². The number of aliphatic hydroxyl groups is 1. The number of hydrogen-bond donors (Lipinski definition) is 2. The number of rotatable bonds is 9. The Kier molecular flexibility index (Phi) is 9.42. The molecular weight excluding hydrogens is 174 g/mol. The third-order valence-corrected chi connectivity index (χ3v) is 2.92. The molecule has 3 N–H and O–H groups in total. The Morgan fingerprint density at radius 1 is 1.14 bits per heavy atom. The minimum absolute atomic E-state index is 0.286. The second-order valence-electron chi connectivity index (χ2n) is 4.25. The lowest BCUT2D eigenvalue weighted by atomic mass is 9.92. The maximum atomic E-state index is 9.44. The van der Waals surface area contributed by atoms with E-state index in [1.807, 2.05) is 0 Å². The fourth-order valence-corrected chi connectivity index (χ4v) is 1.83. The molecule has 0 aromatic carbocycles. The molecule has 0 saturated carbocycles. The van der Waals surface area contributed by atoms with Crippen LogP contribution in [0.3, 0.4) is 0 Å². The first-order chi connectivity index (χ1) is 6.74. The van der Waals surface area contributed by atoms with Gasteiger partial charge in [0, 0.05) is 6.54 Å². The summed E-state index contributed by atoms with van der Waals surface area (Å²) in [6, 6.07) is 0. The molecule has 0 saturated heterocycles. The summed E-state index contributed by atoms with van der Waals surface area (Å²) in [5, 5.41) is 9.44. The summed E-state index contributed by atoms with van der Waals surface area (Å²) in [5.74, 6) is 0.672. The molecular formula is C12H27NO. The van der Waals surface area contributed by atoms with Crippen molar-refractivity contribution in [1.82, 2.24) is 0 Å². The van der Waals surface area contributed by atoms with Gasteiger partial charge in [0.25, 0.3) is 0 Å². The van der Waals surface area contributed by atoms with Gasteiger partial charge in [-0.1, -0.05) is 52.4 Å². The van der Waals surface area contributed by atoms with Crippen molar-refractivity contribution in [2.75, 3.05) is 6.54 Å². The third-order valence-electron chi connectivity index (χ3n) is 2.92. The molecule has 2 unspecified atom stereocenters. The van der Waals surface area contributed by atoms with Crippen molar-refractivity contribution in [3.8, 4) is 0 Å². The monoisotopic (exact) mass is 201 g/mol. The van der Waals surface area contributed by atoms with Gasteiger partial charge >= 0.3 is 0 Å². The first-order valence-electron chi connectivity index (χ1n) is 6.12. The summed E-state index contributed by atoms with van der Waals surface area (Å²) in [4.78, 5) is 0. The fourth-order valence-electron chi connectivity index (χ4n) is 1.83. The normalized spacial score (nSPS) is 15.4. The lowest BCUT2D eigenvalue weighted by molar-refractivity contribution is 0.144. The molecule has 0 spiro atoms. The molecule has 2 atom stereocenters. The van der Waals surface area contributed by atoms with Gasteiger partial charge in [-0.3, -0.25) is 0 Å². The van der Waals surface area contributed by atoms with E-state index < -0.39 is 0 Å². The van der Waals surface area contributed by atoms with E-state index >= 15 is 0 Å². The van der Waals surface area contributed by atoms with Crippen molar-refractivity contribution in [2.45, 2.75) is 64.9 Å². The number of nitrogens with two attached hydrogens (primary N) is 1. The minimum atomic E-state index is -0.286. The van der Waals surface area contributed by atoms with E-state index in [0.29, 0.717) is 12.5 Å². The van der Waals surface area contributed by atoms with Crippen LogP contribution in [0.4, 0.5) is 0 Å². The lowest BCUT2D eigenvalue weighted by Gasteiger charge is -2.17. The smallest absolute Gasteiger partial charge is 0.0665 e. The van der Waals surface area contributed by atoms with Crippen LogP contribution >= 0.6 is 0 Å². The molecule has 0 aliphatic carbocycles. The molecule has 2 heteroatoms. The molecule has 0 fully saturated rings. The predicted octanol–water partition coefficient (Wildman–Crippen LogP) is 2.69. The van der Waals surface area contributed by atoms with Gasteiger partial charge in [0.1, 0.15) is 0 Å². The molecule has 0 radical (unpaired) electrons. The van der Waals surface area contributed by atoms with Crippen molar-refractivity contribution < 1.29 is 5.11 Å². The van der Waals surface area contributed by atoms with Crippen LogP contribution in [0.2, 0.25) is 0 Å². The Morgan fingerprint density at radius 3 is 2.36 bits per heavy atom. The van der Waals surface area contributed by atoms with Crippen LogP contribution in [0.25, 0.3) is 0 Å². The van der Waals surface area contributed by atoms with E-state index in [9.17, 15) is 5.11 Å². The number of unbranched alkanes of at least 4 members (excludes halogenated alkanes) is 3. The standard InChI is InChI=1S/C12H27NO/c1-3-5-6-7-8-11(4-2)9-12(14)10-13/h11-12,14H,3-10,13H2,1-2H3. The third kappa shape index (κ3) is 7.34. The van der Waals surface area contributed by atoms with Crippen molar-refractivity contribution >= 4 is 0 Å². The molecule has 0 rings (SSSR count). The van der Waals surface area contributed by atoms with Crippen LogP contribution in [0.1, 0.15) is 58.8 Å². The number of aliphatic hydroxyl groups excluding tert-OH is 1. The Balaban J connectivity index is 3.47. The van der Waals surface area contributed by atoms with Crippen molar-refractivity contribution in [2.24, 2.45) is 11.7 Å². The Bertz CT molecular complexity index is 117. The lowest BCUT2D eigenvalue weighted by Crippen LogP contribution is -2.22. The van der Waals surface area contributed by atoms with E-state index in [1.54, 1.807) is 0 Å². The molecule has 14 heavy (non-hydrogen) atoms. The van der Waals surface area contributed by atoms with Gasteiger partial charge in [-0.15, -0.1) is 0 Å². The Hall–Kier alpha value is -0.0800. The maximum Gasteiger partial charge on any atom is 0.0665 e. The van der Waals surface area contributed by atoms with Gasteiger partial charge < -0.3 is 10.8 Å². The summed E-state index contributed by atoms with van der Waals surface area (Å²) < 4.78 is 0. The maximum absolute atomic E-state index is 9.44. The van der Waals surface area contributed by atoms with Gasteiger partial charge in [0.05, 0.1) is 6.10 Å². The van der Waals surface area contributed by atoms with Crippen LogP contribution in [0.15, 0.2) is 0 Å². The minimum Gasteiger partial charge on any atom is -0.392 e. The quantitative estimate of drug-likeness (QED) is 0.563. The van der Waals surface area contributed by atoms with E-state index in [4.69, 9.17) is 5.73 Å². The molecule has 86 valence electrons. The molecule has 0 aliphatic heterocycles. The molecule has 0 heterocycles. The van der Waals surface area contributed by atoms with Crippen LogP contribution < -0.4 is 5.73 Å². The summed E-state index contributed by atoms with van der Waals surface area (Å²) in [7, 11) is 0. The summed E-state index contributed by atoms with van der Waals surface area (Å²) in [6.07, 6.45) is 8.31. The number of hydrogen-bond acceptors (Lipinski definition) is 2. The van der Waals surface area contributed by atoms with Gasteiger partial charge in [-0.25, -0.2) is 0 Å². The zero-order valence-corrected chi connectivity index (χ0v) is 9.84. The molecule has 0 amide bonds. The average Bonchev–Trinajstić information content (AvgIpc) is 2.22. The first-order valence-corrected chi connectivity index (χ1v) is 6.12. The van der Waals surface area contributed by atoms with Gasteiger partial charge in [0.15, 0.2) is 0 Å². The summed E-state index contributed by atoms with van der Waals surface area (Å²) in [6.45, 7) is 4.84. The summed E-state index contributed by atoms with van der Waals surface area (Å²) >= 11 is 0. The van der Waals surface area contributed by atoms with Gasteiger partial charge in [-0.05, 0) is 12.3 Å². The highest BCUT2D eigenvalue weighted by atomic mass is 16.3. The Labute approximate surface area is 88.9 Å². The van der Waals surface area contributed by atoms with E-state index in [1.165, 1.54) is 38.5 Å². The topological polar surface area (TPSA) is 46.2 Å². The van der Waals surface area contributed by atoms with Crippen LogP contribution in [-0.4, -0.2) is 17.8 Å². The zero-order valence-electron chi connectivity index (χ0n) is 9.84. The van der Waals surface area contributed by atoms with Gasteiger partial charge in [-0.2, -0.15) is 0 Å².